The summed E-state index contributed by atoms with van der Waals surface area (Å²) in [6, 6.07) is 6.16. The lowest BCUT2D eigenvalue weighted by atomic mass is 10.1. The zero-order valence-corrected chi connectivity index (χ0v) is 11.4. The van der Waals surface area contributed by atoms with Gasteiger partial charge in [-0.25, -0.2) is 4.98 Å². The van der Waals surface area contributed by atoms with Crippen molar-refractivity contribution in [3.05, 3.63) is 18.2 Å². The van der Waals surface area contributed by atoms with Crippen molar-refractivity contribution >= 4 is 11.6 Å². The number of hydrogen-bond donors (Lipinski definition) is 1. The van der Waals surface area contributed by atoms with Crippen LogP contribution >= 0.6 is 0 Å². The van der Waals surface area contributed by atoms with Gasteiger partial charge < -0.3 is 15.0 Å². The number of pyridine rings is 1. The van der Waals surface area contributed by atoms with E-state index < -0.39 is 0 Å². The van der Waals surface area contributed by atoms with Gasteiger partial charge in [-0.15, -0.1) is 0 Å². The van der Waals surface area contributed by atoms with E-state index in [1.165, 1.54) is 0 Å². The Labute approximate surface area is 109 Å². The molecular formula is C14H23N3O. The van der Waals surface area contributed by atoms with Crippen LogP contribution in [0.4, 0.5) is 11.6 Å². The van der Waals surface area contributed by atoms with Gasteiger partial charge in [-0.2, -0.15) is 0 Å². The van der Waals surface area contributed by atoms with Crippen molar-refractivity contribution in [2.24, 2.45) is 0 Å². The minimum absolute atomic E-state index is 0.434. The Hall–Kier alpha value is -1.29. The van der Waals surface area contributed by atoms with E-state index in [-0.39, 0.29) is 0 Å². The molecule has 1 N–H and O–H groups in total. The molecule has 1 aromatic rings. The molecule has 18 heavy (non-hydrogen) atoms. The summed E-state index contributed by atoms with van der Waals surface area (Å²) in [6.07, 6.45) is 2.63. The molecule has 0 aliphatic carbocycles. The van der Waals surface area contributed by atoms with Gasteiger partial charge >= 0.3 is 0 Å². The van der Waals surface area contributed by atoms with Crippen molar-refractivity contribution in [1.29, 1.82) is 0 Å². The number of nitrogens with one attached hydrogen (secondary N) is 1. The molecule has 2 rings (SSSR count). The fourth-order valence-corrected chi connectivity index (χ4v) is 2.37. The van der Waals surface area contributed by atoms with Crippen LogP contribution in [0.25, 0.3) is 0 Å². The Balaban J connectivity index is 1.94. The van der Waals surface area contributed by atoms with Gasteiger partial charge in [0.1, 0.15) is 11.6 Å². The molecule has 4 heteroatoms. The number of nitrogens with zero attached hydrogens (tertiary/aromatic N) is 2. The first-order valence-electron chi connectivity index (χ1n) is 6.91. The second-order valence-corrected chi connectivity index (χ2v) is 4.55. The maximum atomic E-state index is 5.67. The maximum absolute atomic E-state index is 5.67. The molecule has 1 aromatic heterocycles. The van der Waals surface area contributed by atoms with Gasteiger partial charge in [-0.05, 0) is 38.8 Å². The fraction of sp³-hybridized carbons (Fsp3) is 0.643. The first-order chi connectivity index (χ1) is 8.83. The molecule has 100 valence electrons. The van der Waals surface area contributed by atoms with E-state index in [0.717, 1.165) is 50.7 Å². The second-order valence-electron chi connectivity index (χ2n) is 4.55. The summed E-state index contributed by atoms with van der Waals surface area (Å²) in [4.78, 5) is 6.97. The van der Waals surface area contributed by atoms with E-state index in [9.17, 15) is 0 Å². The van der Waals surface area contributed by atoms with Crippen molar-refractivity contribution in [2.45, 2.75) is 32.8 Å². The normalized spacial score (nSPS) is 16.9. The van der Waals surface area contributed by atoms with E-state index in [2.05, 4.69) is 41.2 Å². The predicted octanol–water partition coefficient (Wildman–Crippen LogP) is 2.52. The van der Waals surface area contributed by atoms with Crippen LogP contribution in [0, 0.1) is 0 Å². The van der Waals surface area contributed by atoms with Gasteiger partial charge in [0.15, 0.2) is 0 Å². The van der Waals surface area contributed by atoms with Gasteiger partial charge in [-0.3, -0.25) is 0 Å². The van der Waals surface area contributed by atoms with Crippen LogP contribution in [0.3, 0.4) is 0 Å². The molecule has 0 unspecified atom stereocenters. The number of ether oxygens (including phenoxy) is 1. The van der Waals surface area contributed by atoms with Crippen LogP contribution in [-0.4, -0.2) is 37.3 Å². The zero-order valence-electron chi connectivity index (χ0n) is 11.4. The van der Waals surface area contributed by atoms with Crippen LogP contribution in [0.5, 0.6) is 0 Å². The number of aromatic nitrogens is 1. The minimum atomic E-state index is 0.434. The molecule has 0 radical (unpaired) electrons. The van der Waals surface area contributed by atoms with Gasteiger partial charge in [0, 0.05) is 26.2 Å². The Kier molecular flexibility index (Phi) is 4.81. The van der Waals surface area contributed by atoms with Crippen molar-refractivity contribution in [3.63, 3.8) is 0 Å². The molecule has 1 aliphatic heterocycles. The highest BCUT2D eigenvalue weighted by Crippen LogP contribution is 2.20. The van der Waals surface area contributed by atoms with Crippen molar-refractivity contribution in [2.75, 3.05) is 36.5 Å². The van der Waals surface area contributed by atoms with E-state index in [0.29, 0.717) is 6.10 Å². The van der Waals surface area contributed by atoms with Gasteiger partial charge in [0.05, 0.1) is 6.10 Å². The van der Waals surface area contributed by atoms with Crippen LogP contribution in [0.2, 0.25) is 0 Å². The summed E-state index contributed by atoms with van der Waals surface area (Å²) in [5.41, 5.74) is 0. The van der Waals surface area contributed by atoms with Crippen LogP contribution in [-0.2, 0) is 4.74 Å². The molecule has 0 spiro atoms. The SMILES string of the molecule is CCNc1cccc(N2CCC(OCC)CC2)n1. The molecule has 0 amide bonds. The van der Waals surface area contributed by atoms with E-state index in [4.69, 9.17) is 4.74 Å². The molecule has 1 saturated heterocycles. The average molecular weight is 249 g/mol. The van der Waals surface area contributed by atoms with E-state index in [1.54, 1.807) is 0 Å². The highest BCUT2D eigenvalue weighted by molar-refractivity contribution is 5.47. The van der Waals surface area contributed by atoms with Crippen LogP contribution in [0.15, 0.2) is 18.2 Å². The molecule has 2 heterocycles. The van der Waals surface area contributed by atoms with E-state index >= 15 is 0 Å². The highest BCUT2D eigenvalue weighted by Gasteiger charge is 2.20. The van der Waals surface area contributed by atoms with E-state index in [1.807, 2.05) is 6.07 Å². The first kappa shape index (κ1) is 13.1. The van der Waals surface area contributed by atoms with Gasteiger partial charge in [0.2, 0.25) is 0 Å². The second kappa shape index (κ2) is 6.59. The summed E-state index contributed by atoms with van der Waals surface area (Å²) in [5.74, 6) is 2.03. The molecule has 1 aliphatic rings. The summed E-state index contributed by atoms with van der Waals surface area (Å²) in [7, 11) is 0. The predicted molar refractivity (Wildman–Crippen MR) is 75.3 cm³/mol. The Bertz CT molecular complexity index is 362. The fourth-order valence-electron chi connectivity index (χ4n) is 2.37. The average Bonchev–Trinajstić information content (AvgIpc) is 2.41. The zero-order chi connectivity index (χ0) is 12.8. The molecule has 0 aromatic carbocycles. The summed E-state index contributed by atoms with van der Waals surface area (Å²) >= 11 is 0. The summed E-state index contributed by atoms with van der Waals surface area (Å²) < 4.78 is 5.67. The minimum Gasteiger partial charge on any atom is -0.378 e. The summed E-state index contributed by atoms with van der Waals surface area (Å²) in [6.45, 7) is 7.94. The monoisotopic (exact) mass is 249 g/mol. The lowest BCUT2D eigenvalue weighted by Gasteiger charge is -2.32. The van der Waals surface area contributed by atoms with Crippen molar-refractivity contribution in [1.82, 2.24) is 4.98 Å². The van der Waals surface area contributed by atoms with Crippen LogP contribution in [0.1, 0.15) is 26.7 Å². The molecule has 1 fully saturated rings. The largest absolute Gasteiger partial charge is 0.378 e. The van der Waals surface area contributed by atoms with Gasteiger partial charge in [-0.1, -0.05) is 6.07 Å². The Morgan fingerprint density at radius 3 is 2.78 bits per heavy atom. The molecule has 4 nitrogen and oxygen atoms in total. The Morgan fingerprint density at radius 2 is 2.11 bits per heavy atom. The molecule has 0 saturated carbocycles. The number of hydrogen-bond acceptors (Lipinski definition) is 4. The Morgan fingerprint density at radius 1 is 1.33 bits per heavy atom. The van der Waals surface area contributed by atoms with Crippen molar-refractivity contribution in [3.8, 4) is 0 Å². The summed E-state index contributed by atoms with van der Waals surface area (Å²) in [5, 5.41) is 3.25. The lowest BCUT2D eigenvalue weighted by Crippen LogP contribution is -2.37. The topological polar surface area (TPSA) is 37.4 Å². The van der Waals surface area contributed by atoms with Crippen LogP contribution < -0.4 is 10.2 Å². The maximum Gasteiger partial charge on any atom is 0.130 e. The van der Waals surface area contributed by atoms with Gasteiger partial charge in [0.25, 0.3) is 0 Å². The lowest BCUT2D eigenvalue weighted by molar-refractivity contribution is 0.0458. The third-order valence-corrected chi connectivity index (χ3v) is 3.26. The highest BCUT2D eigenvalue weighted by atomic mass is 16.5. The third-order valence-electron chi connectivity index (χ3n) is 3.26. The number of piperidine rings is 1. The standard InChI is InChI=1S/C14H23N3O/c1-3-15-13-6-5-7-14(16-13)17-10-8-12(9-11-17)18-4-2/h5-7,12H,3-4,8-11H2,1-2H3,(H,15,16). The third kappa shape index (κ3) is 3.35. The molecule has 0 bridgehead atoms. The molecular weight excluding hydrogens is 226 g/mol. The quantitative estimate of drug-likeness (QED) is 0.870. The van der Waals surface area contributed by atoms with Crippen molar-refractivity contribution < 1.29 is 4.74 Å². The molecule has 0 atom stereocenters. The number of rotatable bonds is 5. The smallest absolute Gasteiger partial charge is 0.130 e. The first-order valence-corrected chi connectivity index (χ1v) is 6.91. The number of anilines is 2.